The molecule has 2 heterocycles. The summed E-state index contributed by atoms with van der Waals surface area (Å²) in [5, 5.41) is 9.48. The lowest BCUT2D eigenvalue weighted by atomic mass is 10.1. The van der Waals surface area contributed by atoms with Gasteiger partial charge in [0, 0.05) is 37.8 Å². The fourth-order valence-electron chi connectivity index (χ4n) is 3.51. The van der Waals surface area contributed by atoms with Crippen LogP contribution in [0.2, 0.25) is 0 Å². The van der Waals surface area contributed by atoms with Crippen LogP contribution in [-0.2, 0) is 0 Å². The van der Waals surface area contributed by atoms with Gasteiger partial charge in [0.15, 0.2) is 0 Å². The molecule has 0 bridgehead atoms. The summed E-state index contributed by atoms with van der Waals surface area (Å²) in [6.45, 7) is 4.25. The van der Waals surface area contributed by atoms with Crippen molar-refractivity contribution in [2.45, 2.75) is 6.92 Å². The van der Waals surface area contributed by atoms with Crippen LogP contribution < -0.4 is 4.90 Å². The smallest absolute Gasteiger partial charge is 0.254 e. The van der Waals surface area contributed by atoms with E-state index >= 15 is 0 Å². The number of nitrogens with zero attached hydrogens (tertiary/aromatic N) is 4. The number of anilines is 1. The van der Waals surface area contributed by atoms with Gasteiger partial charge in [0.05, 0.1) is 0 Å². The monoisotopic (exact) mass is 398 g/mol. The Morgan fingerprint density at radius 2 is 1.73 bits per heavy atom. The molecular weight excluding hydrogens is 376 g/mol. The highest BCUT2D eigenvalue weighted by atomic mass is 16.4. The fourth-order valence-corrected chi connectivity index (χ4v) is 3.51. The number of piperazine rings is 1. The van der Waals surface area contributed by atoms with Crippen molar-refractivity contribution in [3.05, 3.63) is 82.9 Å². The lowest BCUT2D eigenvalue weighted by Crippen LogP contribution is -2.49. The summed E-state index contributed by atoms with van der Waals surface area (Å²) < 4.78 is 5.87. The SMILES string of the molecule is Cc1ccccc1C(=O)N1CCN(c2oc(C=Cc3ccccc3)nc2C#N)CC1. The number of oxazole rings is 1. The molecule has 0 radical (unpaired) electrons. The lowest BCUT2D eigenvalue weighted by molar-refractivity contribution is 0.0744. The quantitative estimate of drug-likeness (QED) is 0.664. The molecule has 0 atom stereocenters. The second kappa shape index (κ2) is 8.66. The van der Waals surface area contributed by atoms with Gasteiger partial charge in [-0.15, -0.1) is 0 Å². The topological polar surface area (TPSA) is 73.4 Å². The van der Waals surface area contributed by atoms with E-state index in [1.807, 2.05) is 77.4 Å². The molecule has 4 rings (SSSR count). The molecule has 0 saturated carbocycles. The van der Waals surface area contributed by atoms with Gasteiger partial charge in [-0.3, -0.25) is 4.79 Å². The van der Waals surface area contributed by atoms with Gasteiger partial charge in [0.2, 0.25) is 17.5 Å². The van der Waals surface area contributed by atoms with Gasteiger partial charge in [-0.05, 0) is 30.2 Å². The second-order valence-electron chi connectivity index (χ2n) is 7.16. The zero-order valence-electron chi connectivity index (χ0n) is 16.8. The van der Waals surface area contributed by atoms with Crippen LogP contribution in [0.1, 0.15) is 33.1 Å². The van der Waals surface area contributed by atoms with E-state index in [0.29, 0.717) is 38.0 Å². The highest BCUT2D eigenvalue weighted by molar-refractivity contribution is 5.95. The molecule has 1 aliphatic heterocycles. The molecule has 1 saturated heterocycles. The molecule has 0 aliphatic carbocycles. The molecule has 6 nitrogen and oxygen atoms in total. The van der Waals surface area contributed by atoms with Crippen molar-refractivity contribution in [2.24, 2.45) is 0 Å². The first kappa shape index (κ1) is 19.5. The maximum absolute atomic E-state index is 12.8. The molecule has 3 aromatic rings. The third-order valence-corrected chi connectivity index (χ3v) is 5.18. The zero-order valence-corrected chi connectivity index (χ0v) is 16.8. The Kier molecular flexibility index (Phi) is 5.62. The molecule has 2 aromatic carbocycles. The Balaban J connectivity index is 1.45. The first-order valence-corrected chi connectivity index (χ1v) is 9.89. The number of carbonyl (C=O) groups excluding carboxylic acids is 1. The van der Waals surface area contributed by atoms with E-state index in [0.717, 1.165) is 16.7 Å². The van der Waals surface area contributed by atoms with Crippen molar-refractivity contribution >= 4 is 23.9 Å². The molecule has 0 spiro atoms. The van der Waals surface area contributed by atoms with Gasteiger partial charge in [-0.1, -0.05) is 48.5 Å². The standard InChI is InChI=1S/C24H22N4O2/c1-18-7-5-6-10-20(18)23(29)27-13-15-28(16-14-27)24-21(17-25)26-22(30-24)12-11-19-8-3-2-4-9-19/h2-12H,13-16H2,1H3. The Hall–Kier alpha value is -3.85. The Morgan fingerprint density at radius 3 is 2.43 bits per heavy atom. The first-order valence-electron chi connectivity index (χ1n) is 9.89. The van der Waals surface area contributed by atoms with Crippen molar-refractivity contribution in [1.29, 1.82) is 5.26 Å². The third kappa shape index (κ3) is 4.11. The predicted molar refractivity (Wildman–Crippen MR) is 116 cm³/mol. The summed E-state index contributed by atoms with van der Waals surface area (Å²) in [7, 11) is 0. The highest BCUT2D eigenvalue weighted by Crippen LogP contribution is 2.25. The molecule has 0 N–H and O–H groups in total. The Morgan fingerprint density at radius 1 is 1.03 bits per heavy atom. The van der Waals surface area contributed by atoms with Crippen LogP contribution in [0.4, 0.5) is 5.88 Å². The summed E-state index contributed by atoms with van der Waals surface area (Å²) in [6.07, 6.45) is 3.66. The molecule has 1 aliphatic rings. The summed E-state index contributed by atoms with van der Waals surface area (Å²) in [5.41, 5.74) is 3.00. The molecule has 30 heavy (non-hydrogen) atoms. The van der Waals surface area contributed by atoms with Crippen molar-refractivity contribution < 1.29 is 9.21 Å². The zero-order chi connectivity index (χ0) is 20.9. The molecular formula is C24H22N4O2. The normalized spacial score (nSPS) is 14.1. The van der Waals surface area contributed by atoms with E-state index in [4.69, 9.17) is 4.42 Å². The number of rotatable bonds is 4. The number of hydrogen-bond donors (Lipinski definition) is 0. The van der Waals surface area contributed by atoms with Crippen LogP contribution in [-0.4, -0.2) is 42.0 Å². The van der Waals surface area contributed by atoms with E-state index < -0.39 is 0 Å². The molecule has 1 aromatic heterocycles. The molecule has 6 heteroatoms. The lowest BCUT2D eigenvalue weighted by Gasteiger charge is -2.34. The molecule has 1 fully saturated rings. The molecule has 150 valence electrons. The minimum atomic E-state index is 0.0392. The van der Waals surface area contributed by atoms with Crippen LogP contribution in [0.15, 0.2) is 59.0 Å². The van der Waals surface area contributed by atoms with Crippen molar-refractivity contribution in [3.8, 4) is 6.07 Å². The fraction of sp³-hybridized carbons (Fsp3) is 0.208. The second-order valence-corrected chi connectivity index (χ2v) is 7.16. The van der Waals surface area contributed by atoms with Gasteiger partial charge in [-0.2, -0.15) is 10.2 Å². The number of aromatic nitrogens is 1. The largest absolute Gasteiger partial charge is 0.420 e. The van der Waals surface area contributed by atoms with Gasteiger partial charge in [0.1, 0.15) is 6.07 Å². The van der Waals surface area contributed by atoms with E-state index in [2.05, 4.69) is 11.1 Å². The average Bonchev–Trinajstić information content (AvgIpc) is 3.22. The molecule has 0 unspecified atom stereocenters. The Labute approximate surface area is 175 Å². The number of benzene rings is 2. The summed E-state index contributed by atoms with van der Waals surface area (Å²) in [4.78, 5) is 20.9. The minimum Gasteiger partial charge on any atom is -0.420 e. The van der Waals surface area contributed by atoms with Gasteiger partial charge >= 0.3 is 0 Å². The number of carbonyl (C=O) groups is 1. The van der Waals surface area contributed by atoms with Crippen LogP contribution >= 0.6 is 0 Å². The maximum Gasteiger partial charge on any atom is 0.254 e. The summed E-state index contributed by atoms with van der Waals surface area (Å²) in [5.74, 6) is 0.898. The van der Waals surface area contributed by atoms with Crippen LogP contribution in [0, 0.1) is 18.3 Å². The highest BCUT2D eigenvalue weighted by Gasteiger charge is 2.27. The summed E-state index contributed by atoms with van der Waals surface area (Å²) >= 11 is 0. The summed E-state index contributed by atoms with van der Waals surface area (Å²) in [6, 6.07) is 19.6. The van der Waals surface area contributed by atoms with E-state index in [1.165, 1.54) is 0 Å². The third-order valence-electron chi connectivity index (χ3n) is 5.18. The number of hydrogen-bond acceptors (Lipinski definition) is 5. The van der Waals surface area contributed by atoms with Gasteiger partial charge in [0.25, 0.3) is 5.91 Å². The van der Waals surface area contributed by atoms with Crippen molar-refractivity contribution in [3.63, 3.8) is 0 Å². The van der Waals surface area contributed by atoms with Gasteiger partial charge in [-0.25, -0.2) is 0 Å². The minimum absolute atomic E-state index is 0.0392. The number of aryl methyl sites for hydroxylation is 1. The van der Waals surface area contributed by atoms with E-state index in [1.54, 1.807) is 6.08 Å². The van der Waals surface area contributed by atoms with Crippen LogP contribution in [0.3, 0.4) is 0 Å². The first-order chi connectivity index (χ1) is 14.7. The molecule has 1 amide bonds. The van der Waals surface area contributed by atoms with E-state index in [-0.39, 0.29) is 11.6 Å². The van der Waals surface area contributed by atoms with Crippen molar-refractivity contribution in [1.82, 2.24) is 9.88 Å². The van der Waals surface area contributed by atoms with Gasteiger partial charge < -0.3 is 14.2 Å². The van der Waals surface area contributed by atoms with Crippen LogP contribution in [0.25, 0.3) is 12.2 Å². The predicted octanol–water partition coefficient (Wildman–Crippen LogP) is 3.99. The van der Waals surface area contributed by atoms with Crippen LogP contribution in [0.5, 0.6) is 0 Å². The maximum atomic E-state index is 12.8. The Bertz CT molecular complexity index is 1100. The number of nitriles is 1. The van der Waals surface area contributed by atoms with Crippen molar-refractivity contribution in [2.75, 3.05) is 31.1 Å². The average molecular weight is 398 g/mol. The van der Waals surface area contributed by atoms with E-state index in [9.17, 15) is 10.1 Å². The number of amides is 1.